The predicted octanol–water partition coefficient (Wildman–Crippen LogP) is 2.24. The number of hydrogen-bond acceptors (Lipinski definition) is 7. The van der Waals surface area contributed by atoms with Gasteiger partial charge in [0.2, 0.25) is 5.75 Å². The SMILES string of the molecule is COc1ccc(CNC(=O)c2cc(OC)c(OC)c(OC)c2N)cc1OC. The third-order valence-corrected chi connectivity index (χ3v) is 4.01. The van der Waals surface area contributed by atoms with Gasteiger partial charge in [-0.05, 0) is 23.8 Å². The molecule has 0 saturated carbocycles. The lowest BCUT2D eigenvalue weighted by molar-refractivity contribution is 0.0951. The van der Waals surface area contributed by atoms with Gasteiger partial charge in [0.25, 0.3) is 5.91 Å². The molecule has 0 fully saturated rings. The molecule has 2 aromatic rings. The minimum atomic E-state index is -0.374. The summed E-state index contributed by atoms with van der Waals surface area (Å²) in [5.41, 5.74) is 7.32. The van der Waals surface area contributed by atoms with Crippen molar-refractivity contribution in [3.63, 3.8) is 0 Å². The normalized spacial score (nSPS) is 10.1. The summed E-state index contributed by atoms with van der Waals surface area (Å²) < 4.78 is 26.3. The molecule has 2 aromatic carbocycles. The van der Waals surface area contributed by atoms with Crippen LogP contribution in [0.5, 0.6) is 28.7 Å². The van der Waals surface area contributed by atoms with Crippen LogP contribution >= 0.6 is 0 Å². The van der Waals surface area contributed by atoms with Gasteiger partial charge in [0.05, 0.1) is 46.8 Å². The van der Waals surface area contributed by atoms with E-state index in [2.05, 4.69) is 5.32 Å². The zero-order chi connectivity index (χ0) is 20.0. The highest BCUT2D eigenvalue weighted by molar-refractivity contribution is 6.01. The van der Waals surface area contributed by atoms with Gasteiger partial charge >= 0.3 is 0 Å². The molecule has 0 aliphatic heterocycles. The van der Waals surface area contributed by atoms with E-state index in [4.69, 9.17) is 29.4 Å². The smallest absolute Gasteiger partial charge is 0.253 e. The van der Waals surface area contributed by atoms with E-state index in [0.717, 1.165) is 5.56 Å². The Bertz CT molecular complexity index is 822. The first-order chi connectivity index (χ1) is 13.0. The van der Waals surface area contributed by atoms with E-state index >= 15 is 0 Å². The first-order valence-electron chi connectivity index (χ1n) is 8.08. The molecule has 0 aliphatic rings. The van der Waals surface area contributed by atoms with E-state index in [1.165, 1.54) is 27.4 Å². The number of rotatable bonds is 8. The minimum Gasteiger partial charge on any atom is -0.493 e. The number of methoxy groups -OCH3 is 5. The predicted molar refractivity (Wildman–Crippen MR) is 101 cm³/mol. The van der Waals surface area contributed by atoms with E-state index < -0.39 is 0 Å². The molecule has 27 heavy (non-hydrogen) atoms. The van der Waals surface area contributed by atoms with Crippen LogP contribution in [0.15, 0.2) is 24.3 Å². The van der Waals surface area contributed by atoms with Crippen LogP contribution in [-0.2, 0) is 6.54 Å². The number of carbonyl (C=O) groups is 1. The fourth-order valence-corrected chi connectivity index (χ4v) is 2.63. The Kier molecular flexibility index (Phi) is 6.59. The van der Waals surface area contributed by atoms with E-state index in [-0.39, 0.29) is 29.5 Å². The van der Waals surface area contributed by atoms with Crippen molar-refractivity contribution in [1.29, 1.82) is 0 Å². The second-order valence-electron chi connectivity index (χ2n) is 5.48. The van der Waals surface area contributed by atoms with E-state index in [1.54, 1.807) is 26.4 Å². The molecule has 0 radical (unpaired) electrons. The van der Waals surface area contributed by atoms with Gasteiger partial charge in [-0.1, -0.05) is 6.07 Å². The molecule has 0 spiro atoms. The first-order valence-corrected chi connectivity index (χ1v) is 8.08. The van der Waals surface area contributed by atoms with Crippen LogP contribution in [0.2, 0.25) is 0 Å². The van der Waals surface area contributed by atoms with E-state index in [0.29, 0.717) is 23.0 Å². The number of anilines is 1. The Hall–Kier alpha value is -3.29. The Morgan fingerprint density at radius 3 is 2.04 bits per heavy atom. The van der Waals surface area contributed by atoms with Crippen LogP contribution in [0, 0.1) is 0 Å². The average Bonchev–Trinajstić information content (AvgIpc) is 2.70. The Morgan fingerprint density at radius 1 is 0.852 bits per heavy atom. The average molecular weight is 376 g/mol. The molecule has 8 nitrogen and oxygen atoms in total. The molecule has 0 heterocycles. The molecule has 8 heteroatoms. The van der Waals surface area contributed by atoms with Crippen molar-refractivity contribution in [2.45, 2.75) is 6.54 Å². The largest absolute Gasteiger partial charge is 0.493 e. The summed E-state index contributed by atoms with van der Waals surface area (Å²) in [6.07, 6.45) is 0. The summed E-state index contributed by atoms with van der Waals surface area (Å²) >= 11 is 0. The standard InChI is InChI=1S/C19H24N2O6/c1-23-13-7-6-11(8-14(13)24-2)10-21-19(22)12-9-15(25-3)17(26-4)18(27-5)16(12)20/h6-9H,10,20H2,1-5H3,(H,21,22). The summed E-state index contributed by atoms with van der Waals surface area (Å²) in [7, 11) is 7.50. The number of nitrogen functional groups attached to an aromatic ring is 1. The van der Waals surface area contributed by atoms with Crippen LogP contribution in [-0.4, -0.2) is 41.5 Å². The van der Waals surface area contributed by atoms with Gasteiger partial charge in [0, 0.05) is 6.54 Å². The lowest BCUT2D eigenvalue weighted by Gasteiger charge is -2.17. The van der Waals surface area contributed by atoms with Crippen LogP contribution < -0.4 is 34.7 Å². The summed E-state index contributed by atoms with van der Waals surface area (Å²) in [6.45, 7) is 0.273. The van der Waals surface area contributed by atoms with E-state index in [9.17, 15) is 4.79 Å². The summed E-state index contributed by atoms with van der Waals surface area (Å²) in [6, 6.07) is 6.91. The fraction of sp³-hybridized carbons (Fsp3) is 0.316. The van der Waals surface area contributed by atoms with Crippen molar-refractivity contribution in [2.24, 2.45) is 0 Å². The van der Waals surface area contributed by atoms with Gasteiger partial charge in [0.15, 0.2) is 23.0 Å². The van der Waals surface area contributed by atoms with Crippen molar-refractivity contribution in [1.82, 2.24) is 5.32 Å². The molecule has 1 amide bonds. The van der Waals surface area contributed by atoms with Crippen LogP contribution in [0.25, 0.3) is 0 Å². The van der Waals surface area contributed by atoms with Gasteiger partial charge in [-0.15, -0.1) is 0 Å². The van der Waals surface area contributed by atoms with Crippen molar-refractivity contribution < 1.29 is 28.5 Å². The second-order valence-corrected chi connectivity index (χ2v) is 5.48. The maximum Gasteiger partial charge on any atom is 0.253 e. The molecular weight excluding hydrogens is 352 g/mol. The number of hydrogen-bond donors (Lipinski definition) is 2. The quantitative estimate of drug-likeness (QED) is 0.681. The molecular formula is C19H24N2O6. The van der Waals surface area contributed by atoms with Gasteiger partial charge in [-0.25, -0.2) is 0 Å². The van der Waals surface area contributed by atoms with Crippen molar-refractivity contribution in [3.05, 3.63) is 35.4 Å². The number of carbonyl (C=O) groups excluding carboxylic acids is 1. The van der Waals surface area contributed by atoms with Crippen LogP contribution in [0.3, 0.4) is 0 Å². The van der Waals surface area contributed by atoms with Crippen molar-refractivity contribution in [2.75, 3.05) is 41.3 Å². The molecule has 0 unspecified atom stereocenters. The highest BCUT2D eigenvalue weighted by atomic mass is 16.5. The van der Waals surface area contributed by atoms with Crippen LogP contribution in [0.1, 0.15) is 15.9 Å². The number of nitrogens with two attached hydrogens (primary N) is 1. The molecule has 0 aliphatic carbocycles. The monoisotopic (exact) mass is 376 g/mol. The summed E-state index contributed by atoms with van der Waals surface area (Å²) in [5, 5.41) is 2.82. The summed E-state index contributed by atoms with van der Waals surface area (Å²) in [4.78, 5) is 12.7. The topological polar surface area (TPSA) is 101 Å². The number of nitrogens with one attached hydrogen (secondary N) is 1. The zero-order valence-corrected chi connectivity index (χ0v) is 16.0. The molecule has 146 valence electrons. The fourth-order valence-electron chi connectivity index (χ4n) is 2.63. The highest BCUT2D eigenvalue weighted by Crippen LogP contribution is 2.43. The third-order valence-electron chi connectivity index (χ3n) is 4.01. The number of amides is 1. The second kappa shape index (κ2) is 8.88. The lowest BCUT2D eigenvalue weighted by atomic mass is 10.1. The highest BCUT2D eigenvalue weighted by Gasteiger charge is 2.22. The maximum atomic E-state index is 12.7. The molecule has 3 N–H and O–H groups in total. The Morgan fingerprint density at radius 2 is 1.48 bits per heavy atom. The molecule has 2 rings (SSSR count). The number of ether oxygens (including phenoxy) is 5. The third kappa shape index (κ3) is 4.11. The molecule has 0 aromatic heterocycles. The summed E-state index contributed by atoms with van der Waals surface area (Å²) in [5.74, 6) is 1.74. The Balaban J connectivity index is 2.26. The van der Waals surface area contributed by atoms with Gasteiger partial charge in [-0.2, -0.15) is 0 Å². The van der Waals surface area contributed by atoms with Crippen molar-refractivity contribution in [3.8, 4) is 28.7 Å². The molecule has 0 atom stereocenters. The number of benzene rings is 2. The minimum absolute atomic E-state index is 0.167. The van der Waals surface area contributed by atoms with E-state index in [1.807, 2.05) is 6.07 Å². The zero-order valence-electron chi connectivity index (χ0n) is 16.0. The van der Waals surface area contributed by atoms with Crippen LogP contribution in [0.4, 0.5) is 5.69 Å². The first kappa shape index (κ1) is 20.0. The molecule has 0 bridgehead atoms. The lowest BCUT2D eigenvalue weighted by Crippen LogP contribution is -2.24. The molecule has 0 saturated heterocycles. The van der Waals surface area contributed by atoms with Gasteiger partial charge in [0.1, 0.15) is 0 Å². The van der Waals surface area contributed by atoms with Gasteiger partial charge in [-0.3, -0.25) is 4.79 Å². The van der Waals surface area contributed by atoms with Gasteiger partial charge < -0.3 is 34.7 Å². The Labute approximate surface area is 158 Å². The van der Waals surface area contributed by atoms with Crippen molar-refractivity contribution >= 4 is 11.6 Å². The maximum absolute atomic E-state index is 12.7.